The standard InChI is InChI=1S/C15H22BrN3O/c1-4-6-14(20)11-7-8-19(9-11)10-13-15(16)12(5-2)17-18(13)3/h7-9,14,20H,4-6,10H2,1-3H3. The van der Waals surface area contributed by atoms with Crippen molar-refractivity contribution in [2.75, 3.05) is 0 Å². The van der Waals surface area contributed by atoms with Gasteiger partial charge in [-0.3, -0.25) is 4.68 Å². The number of aliphatic hydroxyl groups is 1. The molecule has 20 heavy (non-hydrogen) atoms. The van der Waals surface area contributed by atoms with Gasteiger partial charge in [-0.25, -0.2) is 0 Å². The van der Waals surface area contributed by atoms with Crippen LogP contribution in [-0.2, 0) is 20.0 Å². The van der Waals surface area contributed by atoms with Crippen molar-refractivity contribution in [2.24, 2.45) is 7.05 Å². The molecule has 2 rings (SSSR count). The molecular formula is C15H22BrN3O. The van der Waals surface area contributed by atoms with Gasteiger partial charge in [0.25, 0.3) is 0 Å². The zero-order valence-corrected chi connectivity index (χ0v) is 13.9. The molecule has 0 saturated carbocycles. The molecule has 0 spiro atoms. The van der Waals surface area contributed by atoms with Crippen LogP contribution in [0.5, 0.6) is 0 Å². The van der Waals surface area contributed by atoms with E-state index in [-0.39, 0.29) is 6.10 Å². The van der Waals surface area contributed by atoms with Crippen molar-refractivity contribution in [2.45, 2.75) is 45.8 Å². The van der Waals surface area contributed by atoms with E-state index in [2.05, 4.69) is 39.4 Å². The molecule has 2 aromatic heterocycles. The monoisotopic (exact) mass is 339 g/mol. The number of hydrogen-bond acceptors (Lipinski definition) is 2. The summed E-state index contributed by atoms with van der Waals surface area (Å²) in [6.45, 7) is 4.94. The van der Waals surface area contributed by atoms with Gasteiger partial charge in [0.05, 0.1) is 28.5 Å². The second-order valence-electron chi connectivity index (χ2n) is 5.11. The molecule has 4 nitrogen and oxygen atoms in total. The van der Waals surface area contributed by atoms with Crippen LogP contribution in [-0.4, -0.2) is 19.5 Å². The minimum absolute atomic E-state index is 0.359. The first kappa shape index (κ1) is 15.3. The highest BCUT2D eigenvalue weighted by Gasteiger charge is 2.14. The highest BCUT2D eigenvalue weighted by molar-refractivity contribution is 9.10. The topological polar surface area (TPSA) is 43.0 Å². The van der Waals surface area contributed by atoms with Crippen molar-refractivity contribution < 1.29 is 5.11 Å². The molecule has 0 aliphatic heterocycles. The fourth-order valence-corrected chi connectivity index (χ4v) is 3.10. The van der Waals surface area contributed by atoms with Gasteiger partial charge in [0.15, 0.2) is 0 Å². The Balaban J connectivity index is 2.17. The van der Waals surface area contributed by atoms with Crippen LogP contribution in [0.2, 0.25) is 0 Å². The minimum Gasteiger partial charge on any atom is -0.388 e. The van der Waals surface area contributed by atoms with E-state index in [0.717, 1.165) is 47.2 Å². The van der Waals surface area contributed by atoms with E-state index in [1.807, 2.05) is 30.2 Å². The van der Waals surface area contributed by atoms with Crippen LogP contribution >= 0.6 is 15.9 Å². The molecule has 0 aromatic carbocycles. The number of hydrogen-bond donors (Lipinski definition) is 1. The summed E-state index contributed by atoms with van der Waals surface area (Å²) in [6, 6.07) is 1.99. The number of aliphatic hydroxyl groups excluding tert-OH is 1. The van der Waals surface area contributed by atoms with Crippen molar-refractivity contribution in [1.82, 2.24) is 14.3 Å². The van der Waals surface area contributed by atoms with Gasteiger partial charge in [-0.1, -0.05) is 20.3 Å². The Kier molecular flexibility index (Phi) is 5.05. The summed E-state index contributed by atoms with van der Waals surface area (Å²) < 4.78 is 5.10. The SMILES string of the molecule is CCCC(O)c1ccn(Cc2c(Br)c(CC)nn2C)c1. The number of rotatable bonds is 6. The van der Waals surface area contributed by atoms with Crippen molar-refractivity contribution in [1.29, 1.82) is 0 Å². The quantitative estimate of drug-likeness (QED) is 0.876. The van der Waals surface area contributed by atoms with Gasteiger partial charge in [-0.15, -0.1) is 0 Å². The minimum atomic E-state index is -0.359. The molecule has 0 saturated heterocycles. The Hall–Kier alpha value is -1.07. The van der Waals surface area contributed by atoms with Gasteiger partial charge in [0.2, 0.25) is 0 Å². The summed E-state index contributed by atoms with van der Waals surface area (Å²) in [4.78, 5) is 0. The fourth-order valence-electron chi connectivity index (χ4n) is 2.36. The van der Waals surface area contributed by atoms with Crippen LogP contribution in [0.1, 0.15) is 49.7 Å². The van der Waals surface area contributed by atoms with E-state index < -0.39 is 0 Å². The second-order valence-corrected chi connectivity index (χ2v) is 5.90. The van der Waals surface area contributed by atoms with Gasteiger partial charge >= 0.3 is 0 Å². The summed E-state index contributed by atoms with van der Waals surface area (Å²) in [5.41, 5.74) is 3.22. The molecule has 2 aromatic rings. The molecule has 1 atom stereocenters. The lowest BCUT2D eigenvalue weighted by Crippen LogP contribution is -2.04. The highest BCUT2D eigenvalue weighted by Crippen LogP contribution is 2.24. The molecule has 110 valence electrons. The van der Waals surface area contributed by atoms with E-state index in [9.17, 15) is 5.11 Å². The maximum Gasteiger partial charge on any atom is 0.0804 e. The molecule has 1 unspecified atom stereocenters. The van der Waals surface area contributed by atoms with E-state index in [1.165, 1.54) is 0 Å². The van der Waals surface area contributed by atoms with Gasteiger partial charge in [0.1, 0.15) is 0 Å². The Morgan fingerprint density at radius 2 is 2.15 bits per heavy atom. The lowest BCUT2D eigenvalue weighted by atomic mass is 10.1. The molecule has 2 heterocycles. The van der Waals surface area contributed by atoms with Crippen LogP contribution in [0.4, 0.5) is 0 Å². The summed E-state index contributed by atoms with van der Waals surface area (Å²) in [6.07, 6.45) is 6.38. The average Bonchev–Trinajstić information content (AvgIpc) is 2.99. The summed E-state index contributed by atoms with van der Waals surface area (Å²) in [5, 5.41) is 14.5. The Labute approximate surface area is 128 Å². The molecule has 5 heteroatoms. The average molecular weight is 340 g/mol. The van der Waals surface area contributed by atoms with Crippen LogP contribution in [0.25, 0.3) is 0 Å². The van der Waals surface area contributed by atoms with Crippen molar-refractivity contribution >= 4 is 15.9 Å². The van der Waals surface area contributed by atoms with E-state index in [4.69, 9.17) is 0 Å². The third-order valence-electron chi connectivity index (χ3n) is 3.56. The first-order chi connectivity index (χ1) is 9.56. The van der Waals surface area contributed by atoms with Crippen LogP contribution in [0.3, 0.4) is 0 Å². The second kappa shape index (κ2) is 6.59. The molecular weight excluding hydrogens is 318 g/mol. The lowest BCUT2D eigenvalue weighted by Gasteiger charge is -2.07. The predicted octanol–water partition coefficient (Wildman–Crippen LogP) is 3.43. The number of aryl methyl sites for hydroxylation is 2. The van der Waals surface area contributed by atoms with E-state index in [0.29, 0.717) is 0 Å². The van der Waals surface area contributed by atoms with Crippen molar-refractivity contribution in [3.8, 4) is 0 Å². The summed E-state index contributed by atoms with van der Waals surface area (Å²) in [7, 11) is 1.97. The molecule has 0 aliphatic rings. The molecule has 0 bridgehead atoms. The Morgan fingerprint density at radius 1 is 1.40 bits per heavy atom. The Morgan fingerprint density at radius 3 is 2.75 bits per heavy atom. The van der Waals surface area contributed by atoms with Crippen molar-refractivity contribution in [3.05, 3.63) is 39.9 Å². The zero-order chi connectivity index (χ0) is 14.7. The molecule has 0 aliphatic carbocycles. The highest BCUT2D eigenvalue weighted by atomic mass is 79.9. The van der Waals surface area contributed by atoms with Crippen LogP contribution < -0.4 is 0 Å². The number of halogens is 1. The first-order valence-corrected chi connectivity index (χ1v) is 7.90. The van der Waals surface area contributed by atoms with Crippen molar-refractivity contribution in [3.63, 3.8) is 0 Å². The molecule has 0 fully saturated rings. The third kappa shape index (κ3) is 3.15. The third-order valence-corrected chi connectivity index (χ3v) is 4.47. The first-order valence-electron chi connectivity index (χ1n) is 7.10. The Bertz CT molecular complexity index is 574. The molecule has 0 radical (unpaired) electrons. The maximum atomic E-state index is 10.0. The van der Waals surface area contributed by atoms with Gasteiger partial charge in [-0.05, 0) is 40.4 Å². The van der Waals surface area contributed by atoms with E-state index in [1.54, 1.807) is 0 Å². The lowest BCUT2D eigenvalue weighted by molar-refractivity contribution is 0.166. The zero-order valence-electron chi connectivity index (χ0n) is 12.3. The summed E-state index contributed by atoms with van der Waals surface area (Å²) in [5.74, 6) is 0. The van der Waals surface area contributed by atoms with Crippen LogP contribution in [0, 0.1) is 0 Å². The predicted molar refractivity (Wildman–Crippen MR) is 83.7 cm³/mol. The smallest absolute Gasteiger partial charge is 0.0804 e. The number of nitrogens with zero attached hydrogens (tertiary/aromatic N) is 3. The van der Waals surface area contributed by atoms with Gasteiger partial charge in [-0.2, -0.15) is 5.10 Å². The van der Waals surface area contributed by atoms with Gasteiger partial charge < -0.3 is 9.67 Å². The van der Waals surface area contributed by atoms with Gasteiger partial charge in [0, 0.05) is 19.4 Å². The normalized spacial score (nSPS) is 12.8. The fraction of sp³-hybridized carbons (Fsp3) is 0.533. The largest absolute Gasteiger partial charge is 0.388 e. The number of aromatic nitrogens is 3. The molecule has 0 amide bonds. The maximum absolute atomic E-state index is 10.0. The van der Waals surface area contributed by atoms with Crippen LogP contribution in [0.15, 0.2) is 22.9 Å². The van der Waals surface area contributed by atoms with E-state index >= 15 is 0 Å². The summed E-state index contributed by atoms with van der Waals surface area (Å²) >= 11 is 3.63. The molecule has 1 N–H and O–H groups in total.